The van der Waals surface area contributed by atoms with Gasteiger partial charge in [0.1, 0.15) is 0 Å². The number of nitrogens with one attached hydrogen (secondary N) is 1. The molecule has 1 aliphatic carbocycles. The highest BCUT2D eigenvalue weighted by molar-refractivity contribution is 8.03. The van der Waals surface area contributed by atoms with E-state index in [0.29, 0.717) is 5.25 Å². The predicted molar refractivity (Wildman–Crippen MR) is 68.0 cm³/mol. The minimum absolute atomic E-state index is 0.577. The van der Waals surface area contributed by atoms with Gasteiger partial charge in [0.05, 0.1) is 0 Å². The van der Waals surface area contributed by atoms with Gasteiger partial charge in [0.15, 0.2) is 8.68 Å². The monoisotopic (exact) mass is 261 g/mol. The number of hydrogen-bond acceptors (Lipinski definition) is 6. The van der Waals surface area contributed by atoms with Crippen LogP contribution in [0.4, 0.5) is 0 Å². The van der Waals surface area contributed by atoms with Crippen LogP contribution in [-0.2, 0) is 0 Å². The lowest BCUT2D eigenvalue weighted by atomic mass is 10.4. The number of aromatic nitrogens is 2. The molecule has 3 nitrogen and oxygen atoms in total. The fourth-order valence-electron chi connectivity index (χ4n) is 1.16. The lowest BCUT2D eigenvalue weighted by molar-refractivity contribution is 0.679. The van der Waals surface area contributed by atoms with Gasteiger partial charge in [0.2, 0.25) is 0 Å². The van der Waals surface area contributed by atoms with Crippen molar-refractivity contribution in [3.05, 3.63) is 0 Å². The summed E-state index contributed by atoms with van der Waals surface area (Å²) in [6.45, 7) is 3.31. The highest BCUT2D eigenvalue weighted by Gasteiger charge is 2.21. The summed E-state index contributed by atoms with van der Waals surface area (Å²) in [6, 6.07) is 0.796. The average Bonchev–Trinajstić information content (AvgIpc) is 2.96. The Balaban J connectivity index is 1.73. The first-order valence-corrected chi connectivity index (χ1v) is 7.97. The van der Waals surface area contributed by atoms with E-state index >= 15 is 0 Å². The largest absolute Gasteiger partial charge is 0.313 e. The maximum absolute atomic E-state index is 4.15. The number of rotatable bonds is 6. The van der Waals surface area contributed by atoms with Crippen LogP contribution in [0.25, 0.3) is 0 Å². The molecule has 0 aromatic carbocycles. The van der Waals surface area contributed by atoms with E-state index in [2.05, 4.69) is 22.4 Å². The first-order chi connectivity index (χ1) is 7.28. The zero-order chi connectivity index (χ0) is 10.7. The molecule has 1 fully saturated rings. The van der Waals surface area contributed by atoms with Crippen LogP contribution < -0.4 is 5.32 Å². The van der Waals surface area contributed by atoms with E-state index in [1.807, 2.05) is 18.0 Å². The molecule has 1 aromatic rings. The number of nitrogens with zero attached hydrogens (tertiary/aromatic N) is 2. The van der Waals surface area contributed by atoms with Crippen LogP contribution >= 0.6 is 34.9 Å². The van der Waals surface area contributed by atoms with Crippen LogP contribution in [0.2, 0.25) is 0 Å². The molecule has 1 N–H and O–H groups in total. The molecule has 84 valence electrons. The molecular formula is C9H15N3S3. The lowest BCUT2D eigenvalue weighted by Gasteiger charge is -2.08. The zero-order valence-corrected chi connectivity index (χ0v) is 11.3. The molecule has 0 saturated heterocycles. The van der Waals surface area contributed by atoms with Gasteiger partial charge in [-0.05, 0) is 19.1 Å². The van der Waals surface area contributed by atoms with Gasteiger partial charge in [0, 0.05) is 17.8 Å². The van der Waals surface area contributed by atoms with Crippen LogP contribution in [0.15, 0.2) is 8.68 Å². The van der Waals surface area contributed by atoms with Crippen LogP contribution in [0.5, 0.6) is 0 Å². The third-order valence-corrected chi connectivity index (χ3v) is 5.22. The summed E-state index contributed by atoms with van der Waals surface area (Å²) in [7, 11) is 0. The topological polar surface area (TPSA) is 37.8 Å². The molecule has 0 radical (unpaired) electrons. The van der Waals surface area contributed by atoms with Crippen molar-refractivity contribution in [3.8, 4) is 0 Å². The van der Waals surface area contributed by atoms with Crippen LogP contribution in [-0.4, -0.2) is 34.3 Å². The molecule has 0 spiro atoms. The van der Waals surface area contributed by atoms with Gasteiger partial charge in [0.25, 0.3) is 0 Å². The van der Waals surface area contributed by atoms with E-state index in [4.69, 9.17) is 0 Å². The summed E-state index contributed by atoms with van der Waals surface area (Å²) >= 11 is 5.17. The van der Waals surface area contributed by atoms with E-state index in [9.17, 15) is 0 Å². The van der Waals surface area contributed by atoms with Crippen molar-refractivity contribution in [1.82, 2.24) is 15.5 Å². The van der Waals surface area contributed by atoms with Gasteiger partial charge in [-0.1, -0.05) is 41.8 Å². The quantitative estimate of drug-likeness (QED) is 0.796. The van der Waals surface area contributed by atoms with E-state index in [1.54, 1.807) is 23.1 Å². The van der Waals surface area contributed by atoms with Gasteiger partial charge in [-0.25, -0.2) is 0 Å². The maximum atomic E-state index is 4.15. The van der Waals surface area contributed by atoms with Gasteiger partial charge in [-0.15, -0.1) is 10.2 Å². The minimum atomic E-state index is 0.577. The first-order valence-electron chi connectivity index (χ1n) is 5.05. The molecule has 0 bridgehead atoms. The highest BCUT2D eigenvalue weighted by Crippen LogP contribution is 2.30. The maximum Gasteiger partial charge on any atom is 0.175 e. The Morgan fingerprint density at radius 3 is 2.80 bits per heavy atom. The Bertz CT molecular complexity index is 311. The second-order valence-electron chi connectivity index (χ2n) is 3.65. The highest BCUT2D eigenvalue weighted by atomic mass is 32.2. The van der Waals surface area contributed by atoms with E-state index < -0.39 is 0 Å². The number of thioether (sulfide) groups is 2. The Kier molecular flexibility index (Phi) is 4.30. The Morgan fingerprint density at radius 2 is 2.20 bits per heavy atom. The molecule has 1 aliphatic rings. The van der Waals surface area contributed by atoms with Crippen molar-refractivity contribution in [2.45, 2.75) is 39.7 Å². The molecular weight excluding hydrogens is 246 g/mol. The van der Waals surface area contributed by atoms with Crippen molar-refractivity contribution >= 4 is 34.9 Å². The lowest BCUT2D eigenvalue weighted by Crippen LogP contribution is -2.24. The van der Waals surface area contributed by atoms with Crippen LogP contribution in [0.1, 0.15) is 19.8 Å². The smallest absolute Gasteiger partial charge is 0.175 e. The Labute approximate surface area is 103 Å². The van der Waals surface area contributed by atoms with Crippen molar-refractivity contribution in [2.24, 2.45) is 0 Å². The van der Waals surface area contributed by atoms with E-state index in [1.165, 1.54) is 12.8 Å². The summed E-state index contributed by atoms with van der Waals surface area (Å²) in [5.74, 6) is 0. The minimum Gasteiger partial charge on any atom is -0.313 e. The molecule has 1 heterocycles. The van der Waals surface area contributed by atoms with Gasteiger partial charge in [-0.2, -0.15) is 0 Å². The normalized spacial score (nSPS) is 18.0. The molecule has 15 heavy (non-hydrogen) atoms. The zero-order valence-electron chi connectivity index (χ0n) is 8.90. The summed E-state index contributed by atoms with van der Waals surface area (Å²) in [4.78, 5) is 0. The molecule has 0 aliphatic heterocycles. The van der Waals surface area contributed by atoms with Crippen molar-refractivity contribution in [1.29, 1.82) is 0 Å². The molecule has 2 rings (SSSR count). The van der Waals surface area contributed by atoms with Gasteiger partial charge in [-0.3, -0.25) is 0 Å². The van der Waals surface area contributed by atoms with Crippen molar-refractivity contribution < 1.29 is 0 Å². The predicted octanol–water partition coefficient (Wildman–Crippen LogP) is 2.49. The standard InChI is InChI=1S/C9H15N3S3/c1-6(5-10-7-3-4-7)14-9-12-11-8(13-2)15-9/h6-7,10H,3-5H2,1-2H3. The Hall–Kier alpha value is 0.220. The molecule has 0 amide bonds. The third kappa shape index (κ3) is 3.94. The van der Waals surface area contributed by atoms with E-state index in [-0.39, 0.29) is 0 Å². The molecule has 1 aromatic heterocycles. The summed E-state index contributed by atoms with van der Waals surface area (Å²) in [6.07, 6.45) is 4.74. The van der Waals surface area contributed by atoms with Crippen molar-refractivity contribution in [2.75, 3.05) is 12.8 Å². The van der Waals surface area contributed by atoms with Gasteiger partial charge < -0.3 is 5.32 Å². The molecule has 6 heteroatoms. The summed E-state index contributed by atoms with van der Waals surface area (Å²) < 4.78 is 2.14. The second-order valence-corrected chi connectivity index (χ2v) is 7.37. The van der Waals surface area contributed by atoms with Crippen LogP contribution in [0, 0.1) is 0 Å². The fourth-order valence-corrected chi connectivity index (χ4v) is 3.86. The molecule has 1 unspecified atom stereocenters. The third-order valence-electron chi connectivity index (χ3n) is 2.14. The van der Waals surface area contributed by atoms with Crippen molar-refractivity contribution in [3.63, 3.8) is 0 Å². The Morgan fingerprint density at radius 1 is 1.47 bits per heavy atom. The SMILES string of the molecule is CSc1nnc(SC(C)CNC2CC2)s1. The van der Waals surface area contributed by atoms with Gasteiger partial charge >= 0.3 is 0 Å². The average molecular weight is 261 g/mol. The first kappa shape index (κ1) is 11.7. The van der Waals surface area contributed by atoms with Crippen LogP contribution in [0.3, 0.4) is 0 Å². The molecule has 1 saturated carbocycles. The molecule has 1 atom stereocenters. The second kappa shape index (κ2) is 5.52. The number of hydrogen-bond donors (Lipinski definition) is 1. The summed E-state index contributed by atoms with van der Waals surface area (Å²) in [5.41, 5.74) is 0. The summed E-state index contributed by atoms with van der Waals surface area (Å²) in [5, 5.41) is 12.3. The van der Waals surface area contributed by atoms with E-state index in [0.717, 1.165) is 21.3 Å². The fraction of sp³-hybridized carbons (Fsp3) is 0.778.